The lowest BCUT2D eigenvalue weighted by atomic mass is 10.2. The van der Waals surface area contributed by atoms with Gasteiger partial charge in [0.15, 0.2) is 11.5 Å². The zero-order chi connectivity index (χ0) is 18.7. The zero-order valence-corrected chi connectivity index (χ0v) is 15.6. The van der Waals surface area contributed by atoms with Gasteiger partial charge in [-0.2, -0.15) is 0 Å². The van der Waals surface area contributed by atoms with E-state index in [9.17, 15) is 9.59 Å². The molecule has 2 aromatic heterocycles. The number of carbonyl (C=O) groups is 1. The Morgan fingerprint density at radius 2 is 2.00 bits per heavy atom. The topological polar surface area (TPSA) is 83.4 Å². The van der Waals surface area contributed by atoms with E-state index in [0.29, 0.717) is 62.2 Å². The summed E-state index contributed by atoms with van der Waals surface area (Å²) in [7, 11) is 0. The van der Waals surface area contributed by atoms with Crippen LogP contribution in [-0.2, 0) is 6.54 Å². The molecule has 0 atom stereocenters. The van der Waals surface area contributed by atoms with Crippen molar-refractivity contribution in [1.29, 1.82) is 0 Å². The van der Waals surface area contributed by atoms with E-state index in [2.05, 4.69) is 29.1 Å². The number of carbonyl (C=O) groups excluding carboxylic acids is 1. The predicted molar refractivity (Wildman–Crippen MR) is 101 cm³/mol. The van der Waals surface area contributed by atoms with Crippen molar-refractivity contribution in [2.45, 2.75) is 27.3 Å². The molecule has 1 aliphatic heterocycles. The van der Waals surface area contributed by atoms with Gasteiger partial charge >= 0.3 is 6.03 Å². The van der Waals surface area contributed by atoms with Gasteiger partial charge in [0, 0.05) is 45.5 Å². The molecule has 1 saturated heterocycles. The number of amides is 2. The van der Waals surface area contributed by atoms with Gasteiger partial charge in [-0.15, -0.1) is 0 Å². The van der Waals surface area contributed by atoms with Crippen LogP contribution in [0, 0.1) is 5.92 Å². The minimum absolute atomic E-state index is 0.0417. The molecule has 3 rings (SSSR count). The molecule has 2 amide bonds. The molecule has 0 aromatic carbocycles. The number of aromatic nitrogens is 3. The molecule has 26 heavy (non-hydrogen) atoms. The third-order valence-corrected chi connectivity index (χ3v) is 4.53. The van der Waals surface area contributed by atoms with Gasteiger partial charge in [0.25, 0.3) is 5.56 Å². The molecular formula is C18H26N6O2. The number of nitrogens with one attached hydrogen (secondary N) is 1. The van der Waals surface area contributed by atoms with E-state index in [1.54, 1.807) is 15.7 Å². The summed E-state index contributed by atoms with van der Waals surface area (Å²) in [5, 5.41) is 2.94. The highest BCUT2D eigenvalue weighted by atomic mass is 16.2. The summed E-state index contributed by atoms with van der Waals surface area (Å²) >= 11 is 0. The van der Waals surface area contributed by atoms with Gasteiger partial charge in [-0.05, 0) is 25.0 Å². The van der Waals surface area contributed by atoms with Crippen LogP contribution in [0.3, 0.4) is 0 Å². The molecule has 140 valence electrons. The van der Waals surface area contributed by atoms with Crippen LogP contribution >= 0.6 is 0 Å². The highest BCUT2D eigenvalue weighted by Crippen LogP contribution is 2.14. The molecule has 8 heteroatoms. The third kappa shape index (κ3) is 3.63. The number of fused-ring (bicyclic) bond motifs is 1. The summed E-state index contributed by atoms with van der Waals surface area (Å²) in [5.74, 6) is 0.859. The number of pyridine rings is 1. The monoisotopic (exact) mass is 358 g/mol. The first kappa shape index (κ1) is 18.2. The molecule has 1 aliphatic rings. The first-order chi connectivity index (χ1) is 12.5. The van der Waals surface area contributed by atoms with Crippen molar-refractivity contribution in [3.8, 4) is 0 Å². The van der Waals surface area contributed by atoms with Gasteiger partial charge in [-0.25, -0.2) is 14.8 Å². The summed E-state index contributed by atoms with van der Waals surface area (Å²) in [6.45, 7) is 9.59. The maximum atomic E-state index is 12.8. The number of hydrogen-bond donors (Lipinski definition) is 1. The Bertz CT molecular complexity index is 839. The Morgan fingerprint density at radius 1 is 1.27 bits per heavy atom. The van der Waals surface area contributed by atoms with E-state index >= 15 is 0 Å². The minimum atomic E-state index is -0.128. The van der Waals surface area contributed by atoms with Crippen molar-refractivity contribution in [1.82, 2.24) is 24.8 Å². The standard InChI is InChI=1S/C18H26N6O2/c1-4-24-15-14(6-5-7-19-15)21-16(17(24)25)22-8-10-23(11-9-22)18(26)20-12-13(2)3/h5-7,13H,4,8-12H2,1-3H3,(H,20,26). The van der Waals surface area contributed by atoms with Gasteiger partial charge in [-0.1, -0.05) is 13.8 Å². The molecule has 0 bridgehead atoms. The van der Waals surface area contributed by atoms with E-state index in [1.165, 1.54) is 0 Å². The van der Waals surface area contributed by atoms with E-state index in [-0.39, 0.29) is 11.6 Å². The molecule has 0 spiro atoms. The molecule has 2 aromatic rings. The fourth-order valence-corrected chi connectivity index (χ4v) is 3.09. The van der Waals surface area contributed by atoms with Crippen LogP contribution in [0.4, 0.5) is 10.6 Å². The van der Waals surface area contributed by atoms with Crippen molar-refractivity contribution >= 4 is 23.0 Å². The summed E-state index contributed by atoms with van der Waals surface area (Å²) in [5.41, 5.74) is 1.19. The Hall–Kier alpha value is -2.64. The van der Waals surface area contributed by atoms with Crippen molar-refractivity contribution in [2.75, 3.05) is 37.6 Å². The normalized spacial score (nSPS) is 14.9. The van der Waals surface area contributed by atoms with Gasteiger partial charge in [0.2, 0.25) is 0 Å². The number of nitrogens with zero attached hydrogens (tertiary/aromatic N) is 5. The lowest BCUT2D eigenvalue weighted by Crippen LogP contribution is -2.53. The average Bonchev–Trinajstić information content (AvgIpc) is 2.66. The molecule has 1 N–H and O–H groups in total. The molecule has 3 heterocycles. The number of anilines is 1. The summed E-state index contributed by atoms with van der Waals surface area (Å²) in [6.07, 6.45) is 1.67. The quantitative estimate of drug-likeness (QED) is 0.891. The second kappa shape index (κ2) is 7.72. The van der Waals surface area contributed by atoms with Gasteiger partial charge in [0.1, 0.15) is 5.52 Å². The lowest BCUT2D eigenvalue weighted by Gasteiger charge is -2.35. The lowest BCUT2D eigenvalue weighted by molar-refractivity contribution is 0.193. The number of urea groups is 1. The molecule has 0 aliphatic carbocycles. The Kier molecular flexibility index (Phi) is 5.39. The minimum Gasteiger partial charge on any atom is -0.348 e. The maximum absolute atomic E-state index is 12.8. The van der Waals surface area contributed by atoms with Crippen molar-refractivity contribution in [3.63, 3.8) is 0 Å². The van der Waals surface area contributed by atoms with Crippen LogP contribution in [0.2, 0.25) is 0 Å². The average molecular weight is 358 g/mol. The Balaban J connectivity index is 1.76. The molecule has 0 unspecified atom stereocenters. The van der Waals surface area contributed by atoms with Crippen LogP contribution in [0.25, 0.3) is 11.2 Å². The second-order valence-corrected chi connectivity index (χ2v) is 6.88. The van der Waals surface area contributed by atoms with Crippen LogP contribution in [0.5, 0.6) is 0 Å². The summed E-state index contributed by atoms with van der Waals surface area (Å²) < 4.78 is 1.65. The number of aryl methyl sites for hydroxylation is 1. The number of piperazine rings is 1. The predicted octanol–water partition coefficient (Wildman–Crippen LogP) is 1.30. The van der Waals surface area contributed by atoms with Crippen molar-refractivity contribution in [3.05, 3.63) is 28.7 Å². The Morgan fingerprint density at radius 3 is 2.65 bits per heavy atom. The van der Waals surface area contributed by atoms with Crippen LogP contribution in [0.15, 0.2) is 23.1 Å². The molecule has 0 saturated carbocycles. The van der Waals surface area contributed by atoms with Crippen LogP contribution < -0.4 is 15.8 Å². The molecule has 0 radical (unpaired) electrons. The van der Waals surface area contributed by atoms with E-state index in [4.69, 9.17) is 0 Å². The first-order valence-corrected chi connectivity index (χ1v) is 9.14. The van der Waals surface area contributed by atoms with Crippen LogP contribution in [0.1, 0.15) is 20.8 Å². The number of hydrogen-bond acceptors (Lipinski definition) is 5. The van der Waals surface area contributed by atoms with Gasteiger partial charge in [0.05, 0.1) is 0 Å². The second-order valence-electron chi connectivity index (χ2n) is 6.88. The molecule has 8 nitrogen and oxygen atoms in total. The largest absolute Gasteiger partial charge is 0.348 e. The van der Waals surface area contributed by atoms with Crippen molar-refractivity contribution < 1.29 is 4.79 Å². The molecular weight excluding hydrogens is 332 g/mol. The molecule has 1 fully saturated rings. The highest BCUT2D eigenvalue weighted by molar-refractivity contribution is 5.75. The highest BCUT2D eigenvalue weighted by Gasteiger charge is 2.24. The summed E-state index contributed by atoms with van der Waals surface area (Å²) in [4.78, 5) is 37.6. The third-order valence-electron chi connectivity index (χ3n) is 4.53. The SMILES string of the molecule is CCn1c(=O)c(N2CCN(C(=O)NCC(C)C)CC2)nc2cccnc21. The Labute approximate surface area is 152 Å². The van der Waals surface area contributed by atoms with Gasteiger partial charge < -0.3 is 15.1 Å². The first-order valence-electron chi connectivity index (χ1n) is 9.14. The zero-order valence-electron chi connectivity index (χ0n) is 15.6. The number of rotatable bonds is 4. The maximum Gasteiger partial charge on any atom is 0.317 e. The van der Waals surface area contributed by atoms with E-state index in [0.717, 1.165) is 0 Å². The van der Waals surface area contributed by atoms with Crippen molar-refractivity contribution in [2.24, 2.45) is 5.92 Å². The summed E-state index contributed by atoms with van der Waals surface area (Å²) in [6, 6.07) is 3.65. The fraction of sp³-hybridized carbons (Fsp3) is 0.556. The smallest absolute Gasteiger partial charge is 0.317 e. The fourth-order valence-electron chi connectivity index (χ4n) is 3.09. The van der Waals surface area contributed by atoms with E-state index < -0.39 is 0 Å². The van der Waals surface area contributed by atoms with Crippen LogP contribution in [-0.4, -0.2) is 58.2 Å². The van der Waals surface area contributed by atoms with E-state index in [1.807, 2.05) is 24.0 Å². The van der Waals surface area contributed by atoms with Gasteiger partial charge in [-0.3, -0.25) is 9.36 Å².